The summed E-state index contributed by atoms with van der Waals surface area (Å²) in [6.45, 7) is 22.5. The van der Waals surface area contributed by atoms with Crippen LogP contribution in [0.4, 0.5) is 0 Å². The molecular weight excluding hydrogens is 1790 g/mol. The molecule has 0 spiro atoms. The number of hydrogen-bond donors (Lipinski definition) is 0. The first-order valence-corrected chi connectivity index (χ1v) is 52.4. The Morgan fingerprint density at radius 1 is 0.122 bits per heavy atom. The van der Waals surface area contributed by atoms with E-state index in [1.165, 1.54) is 242 Å². The quantitative estimate of drug-likeness (QED) is 0.0977. The van der Waals surface area contributed by atoms with E-state index in [-0.39, 0.29) is 0 Å². The second-order valence-corrected chi connectivity index (χ2v) is 40.7. The first-order chi connectivity index (χ1) is 72.6. The maximum Gasteiger partial charge on any atom is 0.0547 e. The van der Waals surface area contributed by atoms with Gasteiger partial charge in [-0.1, -0.05) is 445 Å². The summed E-state index contributed by atoms with van der Waals surface area (Å²) in [5.41, 5.74) is 38.0. The van der Waals surface area contributed by atoms with Gasteiger partial charge in [0, 0.05) is 82.3 Å². The highest BCUT2D eigenvalue weighted by atomic mass is 15.0. The van der Waals surface area contributed by atoms with Gasteiger partial charge in [-0.2, -0.15) is 0 Å². The number of para-hydroxylation sites is 10. The zero-order valence-electron chi connectivity index (χ0n) is 85.6. The van der Waals surface area contributed by atoms with Crippen molar-refractivity contribution in [2.45, 2.75) is 98.8 Å². The number of benzene rings is 22. The Kier molecular flexibility index (Phi) is 26.0. The Labute approximate surface area is 867 Å². The van der Waals surface area contributed by atoms with Crippen molar-refractivity contribution in [2.24, 2.45) is 0 Å². The number of hydrogen-bond acceptors (Lipinski definition) is 0. The van der Waals surface area contributed by atoms with Crippen LogP contribution in [0, 0.1) is 0 Å². The number of rotatable bonds is 15. The molecule has 0 N–H and O–H groups in total. The molecule has 5 heteroatoms. The average Bonchev–Trinajstić information content (AvgIpc) is 1.62. The average molecular weight is 1910 g/mol. The molecule has 716 valence electrons. The number of nitrogens with zero attached hydrogens (tertiary/aromatic N) is 5. The lowest BCUT2D eigenvalue weighted by atomic mass is 9.90. The lowest BCUT2D eigenvalue weighted by Crippen LogP contribution is -1.95. The second kappa shape index (κ2) is 40.9. The molecule has 0 aliphatic rings. The predicted molar refractivity (Wildman–Crippen MR) is 637 cm³/mol. The van der Waals surface area contributed by atoms with Gasteiger partial charge >= 0.3 is 0 Å². The van der Waals surface area contributed by atoms with Gasteiger partial charge in [0.15, 0.2) is 0 Å². The lowest BCUT2D eigenvalue weighted by molar-refractivity contribution is 0.866. The predicted octanol–water partition coefficient (Wildman–Crippen LogP) is 40.2. The molecule has 5 nitrogen and oxygen atoms in total. The molecular formula is C143H119N5. The first-order valence-electron chi connectivity index (χ1n) is 52.4. The zero-order chi connectivity index (χ0) is 101. The van der Waals surface area contributed by atoms with E-state index in [1.807, 2.05) is 0 Å². The van der Waals surface area contributed by atoms with Crippen LogP contribution in [-0.4, -0.2) is 22.8 Å². The minimum absolute atomic E-state index is 0.497. The van der Waals surface area contributed by atoms with E-state index in [9.17, 15) is 0 Å². The smallest absolute Gasteiger partial charge is 0.0547 e. The third-order valence-corrected chi connectivity index (χ3v) is 30.0. The van der Waals surface area contributed by atoms with Crippen LogP contribution in [-0.2, 0) is 0 Å². The summed E-state index contributed by atoms with van der Waals surface area (Å²) in [4.78, 5) is 0. The Hall–Kier alpha value is -17.6. The Morgan fingerprint density at radius 2 is 0.324 bits per heavy atom. The minimum Gasteiger partial charge on any atom is -0.309 e. The maximum absolute atomic E-state index is 2.39. The largest absolute Gasteiger partial charge is 0.309 e. The molecule has 0 aliphatic heterocycles. The van der Waals surface area contributed by atoms with Crippen LogP contribution >= 0.6 is 0 Å². The highest BCUT2D eigenvalue weighted by Gasteiger charge is 2.23. The molecule has 0 unspecified atom stereocenters. The van der Waals surface area contributed by atoms with Crippen molar-refractivity contribution in [2.75, 3.05) is 0 Å². The molecule has 0 radical (unpaired) electrons. The summed E-state index contributed by atoms with van der Waals surface area (Å²) >= 11 is 0. The molecule has 27 rings (SSSR count). The summed E-state index contributed by atoms with van der Waals surface area (Å²) < 4.78 is 11.8. The summed E-state index contributed by atoms with van der Waals surface area (Å²) in [6, 6.07) is 185. The molecule has 0 aliphatic carbocycles. The van der Waals surface area contributed by atoms with Gasteiger partial charge in [0.05, 0.1) is 55.2 Å². The van der Waals surface area contributed by atoms with Crippen molar-refractivity contribution in [3.05, 3.63) is 537 Å². The molecule has 0 saturated carbocycles. The van der Waals surface area contributed by atoms with Gasteiger partial charge in [0.1, 0.15) is 0 Å². The second-order valence-electron chi connectivity index (χ2n) is 40.7. The van der Waals surface area contributed by atoms with Crippen LogP contribution < -0.4 is 0 Å². The van der Waals surface area contributed by atoms with Crippen molar-refractivity contribution in [1.82, 2.24) is 22.8 Å². The van der Waals surface area contributed by atoms with Gasteiger partial charge in [-0.3, -0.25) is 0 Å². The van der Waals surface area contributed by atoms with Gasteiger partial charge < -0.3 is 22.8 Å². The van der Waals surface area contributed by atoms with E-state index in [4.69, 9.17) is 0 Å². The van der Waals surface area contributed by atoms with E-state index in [2.05, 4.69) is 602 Å². The Morgan fingerprint density at radius 3 is 0.649 bits per heavy atom. The van der Waals surface area contributed by atoms with E-state index in [1.54, 1.807) is 0 Å². The molecule has 0 fully saturated rings. The molecule has 27 aromatic rings. The van der Waals surface area contributed by atoms with Crippen LogP contribution in [0.25, 0.3) is 215 Å². The van der Waals surface area contributed by atoms with Gasteiger partial charge in [-0.05, 0) is 268 Å². The number of fused-ring (bicyclic) bond motifs is 17. The fourth-order valence-electron chi connectivity index (χ4n) is 22.3. The molecule has 0 bridgehead atoms. The third-order valence-electron chi connectivity index (χ3n) is 30.0. The highest BCUT2D eigenvalue weighted by molar-refractivity contribution is 6.16. The SMILES string of the molecule is CC(C)c1ccc(-c2ccc(-c3ccc4c(c3)c3ccccc3n4-c3ccccc3)cc2)cc1.CC(C)c1ccc(-c2ccc3c(c2)c2ccccc2n3-c2ccccc2)c2ccccc12.CC(C)c1ccc(-c2ccc3c4ccccc4n(-c4ccccc4)c3c2)c2ccccc12.CC(C)c1ccc(-c2ccc3c4ccccc4n(-c4ccccc4)c3c2)cc1.CC(C)c1ccc(-n2c3ccccc3c3ccccc32)cc1. The molecule has 0 amide bonds. The van der Waals surface area contributed by atoms with E-state index < -0.39 is 0 Å². The Balaban J connectivity index is 0.000000102. The van der Waals surface area contributed by atoms with Crippen LogP contribution in [0.5, 0.6) is 0 Å². The Bertz CT molecular complexity index is 9440. The molecule has 0 saturated heterocycles. The molecule has 5 aromatic heterocycles. The van der Waals surface area contributed by atoms with Crippen molar-refractivity contribution in [3.8, 4) is 84.1 Å². The van der Waals surface area contributed by atoms with Gasteiger partial charge in [0.2, 0.25) is 0 Å². The molecule has 22 aromatic carbocycles. The van der Waals surface area contributed by atoms with Crippen molar-refractivity contribution in [1.29, 1.82) is 0 Å². The topological polar surface area (TPSA) is 24.6 Å². The summed E-state index contributed by atoms with van der Waals surface area (Å²) in [5, 5.41) is 18.3. The van der Waals surface area contributed by atoms with E-state index >= 15 is 0 Å². The highest BCUT2D eigenvalue weighted by Crippen LogP contribution is 2.45. The fraction of sp³-hybridized carbons (Fsp3) is 0.105. The van der Waals surface area contributed by atoms with Crippen LogP contribution in [0.15, 0.2) is 510 Å². The zero-order valence-corrected chi connectivity index (χ0v) is 85.6. The molecule has 0 atom stereocenters. The summed E-state index contributed by atoms with van der Waals surface area (Å²) in [7, 11) is 0. The van der Waals surface area contributed by atoms with Crippen molar-refractivity contribution < 1.29 is 0 Å². The molecule has 5 heterocycles. The van der Waals surface area contributed by atoms with Gasteiger partial charge in [-0.15, -0.1) is 0 Å². The molecule has 148 heavy (non-hydrogen) atoms. The van der Waals surface area contributed by atoms with Crippen LogP contribution in [0.1, 0.15) is 127 Å². The summed E-state index contributed by atoms with van der Waals surface area (Å²) in [5.74, 6) is 2.67. The van der Waals surface area contributed by atoms with Crippen molar-refractivity contribution in [3.63, 3.8) is 0 Å². The number of aromatic nitrogens is 5. The van der Waals surface area contributed by atoms with Crippen LogP contribution in [0.3, 0.4) is 0 Å². The maximum atomic E-state index is 2.39. The minimum atomic E-state index is 0.497. The lowest BCUT2D eigenvalue weighted by Gasteiger charge is -2.14. The normalized spacial score (nSPS) is 11.6. The standard InChI is InChI=1S/C33H27N.2C31H25N.C27H23N.C21H19N/c1-23(2)24-12-14-25(15-13-24)26-16-18-27(19-17-26)28-20-21-33-31(22-28)30-10-6-7-11-32(30)34(33)29-8-4-3-5-9-29;1-21(2)24-17-18-25(27-13-7-6-12-26(24)27)22-16-19-31-29(20-22)28-14-8-9-15-30(28)32(31)23-10-4-3-5-11-23;1-21(2)24-18-19-25(27-13-7-6-12-26(24)27)22-16-17-29-28-14-8-9-15-30(28)32(31(29)20-22)23-10-4-3-5-11-23;1-19(2)20-12-14-21(15-13-20)22-16-17-25-24-10-6-7-11-26(24)28(27(25)18-22)23-8-4-3-5-9-23;1-15(2)16-11-13-17(14-12-16)22-20-9-5-3-7-18(20)19-8-4-6-10-21(19)22/h3-23H,1-2H3;2*3-21H,1-2H3;3-19H,1-2H3;3-15H,1-2H3. The third kappa shape index (κ3) is 18.0. The fourth-order valence-corrected chi connectivity index (χ4v) is 22.3. The van der Waals surface area contributed by atoms with Crippen molar-refractivity contribution >= 4 is 131 Å². The summed E-state index contributed by atoms with van der Waals surface area (Å²) in [6.07, 6.45) is 0. The van der Waals surface area contributed by atoms with E-state index in [0.717, 1.165) is 0 Å². The monoisotopic (exact) mass is 1910 g/mol. The van der Waals surface area contributed by atoms with Gasteiger partial charge in [0.25, 0.3) is 0 Å². The van der Waals surface area contributed by atoms with Crippen LogP contribution in [0.2, 0.25) is 0 Å². The van der Waals surface area contributed by atoms with Gasteiger partial charge in [-0.25, -0.2) is 0 Å². The first kappa shape index (κ1) is 94.0. The van der Waals surface area contributed by atoms with E-state index in [0.29, 0.717) is 29.6 Å².